The molecule has 154 valence electrons. The number of benzene rings is 2. The van der Waals surface area contributed by atoms with E-state index >= 15 is 0 Å². The number of nitrogens with one attached hydrogen (secondary N) is 1. The lowest BCUT2D eigenvalue weighted by Gasteiger charge is -2.21. The fourth-order valence-corrected chi connectivity index (χ4v) is 3.61. The van der Waals surface area contributed by atoms with E-state index < -0.39 is 0 Å². The number of hydrogen-bond acceptors (Lipinski definition) is 5. The molecule has 1 aliphatic heterocycles. The molecule has 29 heavy (non-hydrogen) atoms. The van der Waals surface area contributed by atoms with Crippen molar-refractivity contribution >= 4 is 17.5 Å². The summed E-state index contributed by atoms with van der Waals surface area (Å²) in [5.41, 5.74) is 8.13. The summed E-state index contributed by atoms with van der Waals surface area (Å²) in [6.07, 6.45) is 0. The SMILES string of the molecule is COc1cccc(NC(=O)CN(C)C(=O)CN2C[C@@H](N)[C@H](c3ccccc3)C2)c1. The predicted octanol–water partition coefficient (Wildman–Crippen LogP) is 1.52. The summed E-state index contributed by atoms with van der Waals surface area (Å²) in [5, 5.41) is 2.79. The highest BCUT2D eigenvalue weighted by Crippen LogP contribution is 2.26. The molecule has 0 unspecified atom stereocenters. The van der Waals surface area contributed by atoms with E-state index in [2.05, 4.69) is 22.3 Å². The van der Waals surface area contributed by atoms with Gasteiger partial charge in [0.25, 0.3) is 0 Å². The van der Waals surface area contributed by atoms with E-state index in [4.69, 9.17) is 10.5 Å². The van der Waals surface area contributed by atoms with Gasteiger partial charge in [0.15, 0.2) is 0 Å². The summed E-state index contributed by atoms with van der Waals surface area (Å²) in [7, 11) is 3.21. The standard InChI is InChI=1S/C22H28N4O3/c1-25(14-21(27)24-17-9-6-10-18(11-17)29-2)22(28)15-26-12-19(20(23)13-26)16-7-4-3-5-8-16/h3-11,19-20H,12-15,23H2,1-2H3,(H,24,27)/t19-,20+/m0/s1. The van der Waals surface area contributed by atoms with Gasteiger partial charge in [-0.1, -0.05) is 36.4 Å². The highest BCUT2D eigenvalue weighted by Gasteiger charge is 2.32. The van der Waals surface area contributed by atoms with Crippen LogP contribution in [0.5, 0.6) is 5.75 Å². The van der Waals surface area contributed by atoms with E-state index in [0.717, 1.165) is 6.54 Å². The van der Waals surface area contributed by atoms with Gasteiger partial charge in [0.1, 0.15) is 5.75 Å². The van der Waals surface area contributed by atoms with E-state index in [1.807, 2.05) is 18.2 Å². The van der Waals surface area contributed by atoms with Crippen molar-refractivity contribution in [1.82, 2.24) is 9.80 Å². The maximum absolute atomic E-state index is 12.6. The Labute approximate surface area is 171 Å². The molecule has 2 aromatic carbocycles. The zero-order valence-corrected chi connectivity index (χ0v) is 16.9. The van der Waals surface area contributed by atoms with Gasteiger partial charge in [-0.3, -0.25) is 14.5 Å². The Morgan fingerprint density at radius 2 is 1.93 bits per heavy atom. The Bertz CT molecular complexity index is 843. The zero-order valence-electron chi connectivity index (χ0n) is 16.9. The molecule has 1 heterocycles. The molecule has 3 rings (SSSR count). The number of rotatable bonds is 7. The first kappa shape index (κ1) is 20.8. The van der Waals surface area contributed by atoms with Gasteiger partial charge in [-0.05, 0) is 17.7 Å². The average Bonchev–Trinajstić information content (AvgIpc) is 3.08. The molecule has 0 bridgehead atoms. The van der Waals surface area contributed by atoms with Crippen LogP contribution >= 0.6 is 0 Å². The van der Waals surface area contributed by atoms with Gasteiger partial charge >= 0.3 is 0 Å². The Morgan fingerprint density at radius 3 is 2.66 bits per heavy atom. The fourth-order valence-electron chi connectivity index (χ4n) is 3.61. The van der Waals surface area contributed by atoms with Crippen molar-refractivity contribution in [3.63, 3.8) is 0 Å². The highest BCUT2D eigenvalue weighted by molar-refractivity contribution is 5.94. The monoisotopic (exact) mass is 396 g/mol. The number of likely N-dealkylation sites (N-methyl/N-ethyl adjacent to an activating group) is 1. The first-order chi connectivity index (χ1) is 14.0. The minimum Gasteiger partial charge on any atom is -0.497 e. The first-order valence-electron chi connectivity index (χ1n) is 9.67. The van der Waals surface area contributed by atoms with Crippen LogP contribution in [-0.2, 0) is 9.59 Å². The van der Waals surface area contributed by atoms with Crippen molar-refractivity contribution in [2.24, 2.45) is 5.73 Å². The van der Waals surface area contributed by atoms with Gasteiger partial charge < -0.3 is 20.7 Å². The third kappa shape index (κ3) is 5.56. The van der Waals surface area contributed by atoms with Crippen LogP contribution in [0.15, 0.2) is 54.6 Å². The van der Waals surface area contributed by atoms with Crippen molar-refractivity contribution < 1.29 is 14.3 Å². The molecule has 3 N–H and O–H groups in total. The fraction of sp³-hybridized carbons (Fsp3) is 0.364. The number of carbonyl (C=O) groups excluding carboxylic acids is 2. The highest BCUT2D eigenvalue weighted by atomic mass is 16.5. The van der Waals surface area contributed by atoms with Crippen LogP contribution in [0.25, 0.3) is 0 Å². The van der Waals surface area contributed by atoms with Gasteiger partial charge in [0.05, 0.1) is 20.2 Å². The molecule has 2 amide bonds. The lowest BCUT2D eigenvalue weighted by Crippen LogP contribution is -2.41. The molecule has 0 spiro atoms. The summed E-state index contributed by atoms with van der Waals surface area (Å²) in [6, 6.07) is 17.2. The molecule has 7 heteroatoms. The summed E-state index contributed by atoms with van der Waals surface area (Å²) in [5.74, 6) is 0.511. The number of anilines is 1. The summed E-state index contributed by atoms with van der Waals surface area (Å²) >= 11 is 0. The number of nitrogens with zero attached hydrogens (tertiary/aromatic N) is 2. The molecule has 1 aliphatic rings. The minimum atomic E-state index is -0.255. The second-order valence-electron chi connectivity index (χ2n) is 7.41. The number of carbonyl (C=O) groups is 2. The number of methoxy groups -OCH3 is 1. The van der Waals surface area contributed by atoms with Crippen LogP contribution in [0.4, 0.5) is 5.69 Å². The summed E-state index contributed by atoms with van der Waals surface area (Å²) in [4.78, 5) is 28.4. The summed E-state index contributed by atoms with van der Waals surface area (Å²) in [6.45, 7) is 1.63. The molecule has 2 atom stereocenters. The summed E-state index contributed by atoms with van der Waals surface area (Å²) < 4.78 is 5.15. The van der Waals surface area contributed by atoms with Crippen LogP contribution in [0.3, 0.4) is 0 Å². The second kappa shape index (κ2) is 9.54. The molecule has 0 aromatic heterocycles. The minimum absolute atomic E-state index is 0.00753. The van der Waals surface area contributed by atoms with Gasteiger partial charge in [0, 0.05) is 43.9 Å². The van der Waals surface area contributed by atoms with Crippen molar-refractivity contribution in [3.05, 3.63) is 60.2 Å². The van der Waals surface area contributed by atoms with Crippen LogP contribution in [0.1, 0.15) is 11.5 Å². The molecule has 1 saturated heterocycles. The number of nitrogens with two attached hydrogens (primary N) is 1. The molecular weight excluding hydrogens is 368 g/mol. The number of amides is 2. The Morgan fingerprint density at radius 1 is 1.17 bits per heavy atom. The third-order valence-electron chi connectivity index (χ3n) is 5.19. The van der Waals surface area contributed by atoms with E-state index in [-0.39, 0.29) is 36.9 Å². The Balaban J connectivity index is 1.49. The van der Waals surface area contributed by atoms with Crippen LogP contribution < -0.4 is 15.8 Å². The van der Waals surface area contributed by atoms with Crippen molar-refractivity contribution in [1.29, 1.82) is 0 Å². The molecule has 7 nitrogen and oxygen atoms in total. The second-order valence-corrected chi connectivity index (χ2v) is 7.41. The predicted molar refractivity (Wildman–Crippen MR) is 113 cm³/mol. The number of ether oxygens (including phenoxy) is 1. The maximum atomic E-state index is 12.6. The van der Waals surface area contributed by atoms with Gasteiger partial charge in [-0.25, -0.2) is 0 Å². The molecule has 0 radical (unpaired) electrons. The molecular formula is C22H28N4O3. The van der Waals surface area contributed by atoms with Crippen LogP contribution in [0.2, 0.25) is 0 Å². The van der Waals surface area contributed by atoms with Crippen molar-refractivity contribution in [3.8, 4) is 5.75 Å². The first-order valence-corrected chi connectivity index (χ1v) is 9.67. The lowest BCUT2D eigenvalue weighted by molar-refractivity contribution is -0.134. The molecule has 1 fully saturated rings. The molecule has 0 aliphatic carbocycles. The molecule has 0 saturated carbocycles. The quantitative estimate of drug-likeness (QED) is 0.741. The zero-order chi connectivity index (χ0) is 20.8. The van der Waals surface area contributed by atoms with E-state index in [1.54, 1.807) is 38.4 Å². The normalized spacial score (nSPS) is 19.0. The maximum Gasteiger partial charge on any atom is 0.243 e. The average molecular weight is 396 g/mol. The van der Waals surface area contributed by atoms with Crippen LogP contribution in [-0.4, -0.2) is 68.0 Å². The van der Waals surface area contributed by atoms with E-state index in [0.29, 0.717) is 18.0 Å². The van der Waals surface area contributed by atoms with E-state index in [1.165, 1.54) is 10.5 Å². The van der Waals surface area contributed by atoms with Gasteiger partial charge in [-0.15, -0.1) is 0 Å². The Hall–Kier alpha value is -2.90. The van der Waals surface area contributed by atoms with Crippen LogP contribution in [0, 0.1) is 0 Å². The largest absolute Gasteiger partial charge is 0.497 e. The molecule has 2 aromatic rings. The van der Waals surface area contributed by atoms with Gasteiger partial charge in [-0.2, -0.15) is 0 Å². The number of likely N-dealkylation sites (tertiary alicyclic amines) is 1. The van der Waals surface area contributed by atoms with Crippen molar-refractivity contribution in [2.75, 3.05) is 45.7 Å². The van der Waals surface area contributed by atoms with E-state index in [9.17, 15) is 9.59 Å². The Kier molecular flexibility index (Phi) is 6.85. The van der Waals surface area contributed by atoms with Crippen molar-refractivity contribution in [2.45, 2.75) is 12.0 Å². The van der Waals surface area contributed by atoms with Gasteiger partial charge in [0.2, 0.25) is 11.8 Å². The third-order valence-corrected chi connectivity index (χ3v) is 5.19. The smallest absolute Gasteiger partial charge is 0.243 e. The number of hydrogen-bond donors (Lipinski definition) is 2. The topological polar surface area (TPSA) is 87.9 Å². The lowest BCUT2D eigenvalue weighted by atomic mass is 9.95.